The minimum Gasteiger partial charge on any atom is -0.476 e. The van der Waals surface area contributed by atoms with Crippen molar-refractivity contribution in [3.8, 4) is 11.1 Å². The maximum atomic E-state index is 13.0. The number of halogens is 3. The Kier molecular flexibility index (Phi) is 5.00. The molecule has 0 aliphatic heterocycles. The lowest BCUT2D eigenvalue weighted by atomic mass is 9.98. The Morgan fingerprint density at radius 1 is 1.03 bits per heavy atom. The lowest BCUT2D eigenvalue weighted by Crippen LogP contribution is -2.20. The van der Waals surface area contributed by atoms with Crippen LogP contribution in [0.4, 0.5) is 23.8 Å². The molecule has 1 aliphatic rings. The van der Waals surface area contributed by atoms with E-state index in [4.69, 9.17) is 4.74 Å². The summed E-state index contributed by atoms with van der Waals surface area (Å²) in [5.74, 6) is -2.02. The maximum absolute atomic E-state index is 13.0. The molecule has 1 amide bonds. The predicted octanol–water partition coefficient (Wildman–Crippen LogP) is 5.41. The molecule has 4 aromatic rings. The number of aromatic carboxylic acids is 1. The van der Waals surface area contributed by atoms with Gasteiger partial charge in [-0.25, -0.2) is 14.6 Å². The fraction of sp³-hybridized carbons (Fsp3) is 0.125. The molecule has 5 rings (SSSR count). The Morgan fingerprint density at radius 3 is 2.24 bits per heavy atom. The third-order valence-electron chi connectivity index (χ3n) is 5.72. The zero-order valence-electron chi connectivity index (χ0n) is 17.3. The molecule has 1 aliphatic carbocycles. The lowest BCUT2D eigenvalue weighted by Gasteiger charge is -2.14. The van der Waals surface area contributed by atoms with Crippen LogP contribution in [-0.2, 0) is 10.9 Å². The summed E-state index contributed by atoms with van der Waals surface area (Å²) in [5.41, 5.74) is 2.21. The number of hydrogen-bond acceptors (Lipinski definition) is 4. The number of pyridine rings is 1. The molecule has 34 heavy (non-hydrogen) atoms. The number of carboxylic acids is 1. The molecule has 0 atom stereocenters. The first kappa shape index (κ1) is 21.5. The number of hydrogen-bond donors (Lipinski definition) is 2. The number of nitrogens with zero attached hydrogens (tertiary/aromatic N) is 2. The van der Waals surface area contributed by atoms with Crippen LogP contribution in [0.5, 0.6) is 0 Å². The molecule has 2 aromatic heterocycles. The molecule has 0 saturated heterocycles. The third-order valence-corrected chi connectivity index (χ3v) is 5.72. The molecular formula is C24H16F3N3O4. The zero-order valence-corrected chi connectivity index (χ0v) is 17.3. The molecule has 0 bridgehead atoms. The molecule has 2 heterocycles. The molecule has 0 saturated carbocycles. The number of carbonyl (C=O) groups is 2. The summed E-state index contributed by atoms with van der Waals surface area (Å²) in [6.07, 6.45) is -4.58. The number of carbonyl (C=O) groups excluding carboxylic acids is 1. The topological polar surface area (TPSA) is 92.9 Å². The van der Waals surface area contributed by atoms with E-state index in [0.717, 1.165) is 38.9 Å². The molecule has 7 nitrogen and oxygen atoms in total. The first-order valence-electron chi connectivity index (χ1n) is 10.2. The number of benzene rings is 2. The van der Waals surface area contributed by atoms with Gasteiger partial charge in [0.25, 0.3) is 0 Å². The van der Waals surface area contributed by atoms with Gasteiger partial charge in [0, 0.05) is 12.1 Å². The fourth-order valence-corrected chi connectivity index (χ4v) is 4.22. The Hall–Kier alpha value is -4.34. The van der Waals surface area contributed by atoms with Gasteiger partial charge in [0.2, 0.25) is 0 Å². The molecule has 2 N–H and O–H groups in total. The quantitative estimate of drug-likeness (QED) is 0.419. The average Bonchev–Trinajstić information content (AvgIpc) is 3.33. The van der Waals surface area contributed by atoms with Crippen molar-refractivity contribution in [2.75, 3.05) is 11.9 Å². The minimum atomic E-state index is -4.63. The molecule has 0 radical (unpaired) electrons. The first-order valence-corrected chi connectivity index (χ1v) is 10.2. The minimum absolute atomic E-state index is 0.0166. The molecule has 0 unspecified atom stereocenters. The van der Waals surface area contributed by atoms with Crippen molar-refractivity contribution in [3.63, 3.8) is 0 Å². The summed E-state index contributed by atoms with van der Waals surface area (Å²) in [6.45, 7) is -0.0166. The number of nitrogens with one attached hydrogen (secondary N) is 1. The van der Waals surface area contributed by atoms with E-state index in [1.807, 2.05) is 48.5 Å². The van der Waals surface area contributed by atoms with Gasteiger partial charge in [-0.05, 0) is 34.4 Å². The third kappa shape index (κ3) is 3.62. The van der Waals surface area contributed by atoms with Crippen LogP contribution in [0.1, 0.15) is 33.1 Å². The standard InChI is InChI=1S/C24H16F3N3O4/c25-24(26,27)13-9-10-30-19(11-13)28-20(22(31)32)21(30)29-23(33)34-12-18-16-7-3-1-5-14(16)15-6-2-4-8-17(15)18/h1-11,18H,12H2,(H,29,33)(H,31,32). The van der Waals surface area contributed by atoms with Crippen molar-refractivity contribution < 1.29 is 32.6 Å². The van der Waals surface area contributed by atoms with E-state index in [0.29, 0.717) is 6.07 Å². The summed E-state index contributed by atoms with van der Waals surface area (Å²) < 4.78 is 45.5. The summed E-state index contributed by atoms with van der Waals surface area (Å²) in [4.78, 5) is 27.9. The zero-order chi connectivity index (χ0) is 24.0. The highest BCUT2D eigenvalue weighted by Gasteiger charge is 2.32. The van der Waals surface area contributed by atoms with E-state index in [-0.39, 0.29) is 24.0 Å². The Morgan fingerprint density at radius 2 is 1.65 bits per heavy atom. The Labute approximate surface area is 190 Å². The van der Waals surface area contributed by atoms with E-state index < -0.39 is 29.5 Å². The van der Waals surface area contributed by atoms with Crippen molar-refractivity contribution in [3.05, 3.63) is 89.2 Å². The van der Waals surface area contributed by atoms with Crippen molar-refractivity contribution in [1.82, 2.24) is 9.38 Å². The second-order valence-electron chi connectivity index (χ2n) is 7.71. The van der Waals surface area contributed by atoms with Crippen molar-refractivity contribution in [2.24, 2.45) is 0 Å². The van der Waals surface area contributed by atoms with Gasteiger partial charge < -0.3 is 9.84 Å². The molecular weight excluding hydrogens is 451 g/mol. The van der Waals surface area contributed by atoms with Crippen molar-refractivity contribution in [1.29, 1.82) is 0 Å². The van der Waals surface area contributed by atoms with Gasteiger partial charge in [0.1, 0.15) is 12.3 Å². The molecule has 0 fully saturated rings. The largest absolute Gasteiger partial charge is 0.476 e. The molecule has 172 valence electrons. The SMILES string of the molecule is O=C(Nc1c(C(=O)O)nc2cc(C(F)(F)F)ccn12)OCC1c2ccccc2-c2ccccc21. The number of rotatable bonds is 4. The Bertz CT molecular complexity index is 1400. The fourth-order valence-electron chi connectivity index (χ4n) is 4.22. The van der Waals surface area contributed by atoms with Gasteiger partial charge in [0.15, 0.2) is 11.5 Å². The van der Waals surface area contributed by atoms with E-state index in [9.17, 15) is 27.9 Å². The van der Waals surface area contributed by atoms with Crippen LogP contribution in [0.15, 0.2) is 66.9 Å². The van der Waals surface area contributed by atoms with E-state index in [2.05, 4.69) is 10.3 Å². The van der Waals surface area contributed by atoms with E-state index in [1.165, 1.54) is 0 Å². The van der Waals surface area contributed by atoms with Crippen molar-refractivity contribution >= 4 is 23.5 Å². The smallest absolute Gasteiger partial charge is 0.416 e. The van der Waals surface area contributed by atoms with Crippen LogP contribution < -0.4 is 5.32 Å². The van der Waals surface area contributed by atoms with Crippen molar-refractivity contribution in [2.45, 2.75) is 12.1 Å². The number of carboxylic acid groups (broad SMARTS) is 1. The highest BCUT2D eigenvalue weighted by Crippen LogP contribution is 2.44. The Balaban J connectivity index is 1.40. The van der Waals surface area contributed by atoms with Gasteiger partial charge >= 0.3 is 18.2 Å². The van der Waals surface area contributed by atoms with E-state index >= 15 is 0 Å². The number of anilines is 1. The number of imidazole rings is 1. The van der Waals surface area contributed by atoms with Crippen LogP contribution in [0, 0.1) is 0 Å². The maximum Gasteiger partial charge on any atom is 0.416 e. The average molecular weight is 467 g/mol. The summed E-state index contributed by atoms with van der Waals surface area (Å²) in [5, 5.41) is 11.8. The first-order chi connectivity index (χ1) is 16.2. The second kappa shape index (κ2) is 7.91. The summed E-state index contributed by atoms with van der Waals surface area (Å²) in [7, 11) is 0. The summed E-state index contributed by atoms with van der Waals surface area (Å²) in [6, 6.07) is 17.0. The predicted molar refractivity (Wildman–Crippen MR) is 116 cm³/mol. The molecule has 0 spiro atoms. The van der Waals surface area contributed by atoms with Gasteiger partial charge in [-0.1, -0.05) is 48.5 Å². The van der Waals surface area contributed by atoms with E-state index in [1.54, 1.807) is 0 Å². The number of fused-ring (bicyclic) bond motifs is 4. The second-order valence-corrected chi connectivity index (χ2v) is 7.71. The van der Waals surface area contributed by atoms with Crippen LogP contribution in [0.25, 0.3) is 16.8 Å². The van der Waals surface area contributed by atoms with Crippen LogP contribution in [0.2, 0.25) is 0 Å². The van der Waals surface area contributed by atoms with Gasteiger partial charge in [0.05, 0.1) is 5.56 Å². The number of ether oxygens (including phenoxy) is 1. The normalized spacial score (nSPS) is 12.9. The van der Waals surface area contributed by atoms with Crippen LogP contribution in [-0.4, -0.2) is 33.2 Å². The van der Waals surface area contributed by atoms with Gasteiger partial charge in [-0.15, -0.1) is 0 Å². The van der Waals surface area contributed by atoms with Crippen LogP contribution in [0.3, 0.4) is 0 Å². The molecule has 10 heteroatoms. The highest BCUT2D eigenvalue weighted by atomic mass is 19.4. The number of alkyl halides is 3. The summed E-state index contributed by atoms with van der Waals surface area (Å²) >= 11 is 0. The monoisotopic (exact) mass is 467 g/mol. The number of amides is 1. The lowest BCUT2D eigenvalue weighted by molar-refractivity contribution is -0.137. The molecule has 2 aromatic carbocycles. The number of aromatic nitrogens is 2. The van der Waals surface area contributed by atoms with Crippen LogP contribution >= 0.6 is 0 Å². The highest BCUT2D eigenvalue weighted by molar-refractivity contribution is 5.97. The van der Waals surface area contributed by atoms with Gasteiger partial charge in [-0.3, -0.25) is 9.72 Å². The van der Waals surface area contributed by atoms with Gasteiger partial charge in [-0.2, -0.15) is 13.2 Å².